The molecular weight excluding hydrogens is 324 g/mol. The maximum Gasteiger partial charge on any atom is 0.309 e. The molecule has 2 N–H and O–H groups in total. The van der Waals surface area contributed by atoms with Gasteiger partial charge in [-0.25, -0.2) is 4.98 Å². The normalized spacial score (nSPS) is 12.0. The molecule has 0 fully saturated rings. The number of aliphatic carboxylic acids is 1. The van der Waals surface area contributed by atoms with Gasteiger partial charge in [-0.15, -0.1) is 11.3 Å². The minimum Gasteiger partial charge on any atom is -0.481 e. The van der Waals surface area contributed by atoms with Crippen LogP contribution in [0, 0.1) is 6.92 Å². The summed E-state index contributed by atoms with van der Waals surface area (Å²) in [6, 6.07) is 5.31. The van der Waals surface area contributed by atoms with E-state index in [1.165, 1.54) is 11.3 Å². The van der Waals surface area contributed by atoms with Crippen LogP contribution >= 0.6 is 22.9 Å². The van der Waals surface area contributed by atoms with Crippen LogP contribution in [0.3, 0.4) is 0 Å². The number of carboxylic acids is 1. The number of hydrogen-bond donors (Lipinski definition) is 2. The van der Waals surface area contributed by atoms with Crippen molar-refractivity contribution in [2.45, 2.75) is 26.2 Å². The summed E-state index contributed by atoms with van der Waals surface area (Å²) in [5.41, 5.74) is 2.02. The van der Waals surface area contributed by atoms with E-state index in [-0.39, 0.29) is 12.3 Å². The summed E-state index contributed by atoms with van der Waals surface area (Å²) in [6.07, 6.45) is -0.140. The molecule has 0 aliphatic carbocycles. The van der Waals surface area contributed by atoms with Gasteiger partial charge in [0.25, 0.3) is 0 Å². The minimum absolute atomic E-state index is 0.140. The summed E-state index contributed by atoms with van der Waals surface area (Å²) in [4.78, 5) is 27.1. The number of nitrogens with one attached hydrogen (secondary N) is 1. The lowest BCUT2D eigenvalue weighted by Crippen LogP contribution is -2.18. The number of aromatic nitrogens is 1. The molecular formula is C15H15ClN2O3S. The predicted octanol–water partition coefficient (Wildman–Crippen LogP) is 3.47. The standard InChI is InChI=1S/C15H15ClN2O3S/c1-8-3-4-10(5-12(8)16)17-14(21)9(2)15-18-11(7-22-15)6-13(19)20/h3-5,7,9H,6H2,1-2H3,(H,17,21)(H,19,20). The Balaban J connectivity index is 2.06. The number of thiazole rings is 1. The highest BCUT2D eigenvalue weighted by Gasteiger charge is 2.19. The molecule has 1 aromatic heterocycles. The van der Waals surface area contributed by atoms with Crippen LogP contribution < -0.4 is 5.32 Å². The molecule has 116 valence electrons. The molecule has 1 unspecified atom stereocenters. The zero-order valence-corrected chi connectivity index (χ0v) is 13.7. The van der Waals surface area contributed by atoms with E-state index in [9.17, 15) is 9.59 Å². The number of nitrogens with zero attached hydrogens (tertiary/aromatic N) is 1. The van der Waals surface area contributed by atoms with Crippen LogP contribution in [0.4, 0.5) is 5.69 Å². The van der Waals surface area contributed by atoms with Gasteiger partial charge in [0.05, 0.1) is 18.0 Å². The number of anilines is 1. The van der Waals surface area contributed by atoms with E-state index in [2.05, 4.69) is 10.3 Å². The molecule has 0 saturated carbocycles. The molecule has 0 aliphatic heterocycles. The monoisotopic (exact) mass is 338 g/mol. The fraction of sp³-hybridized carbons (Fsp3) is 0.267. The number of rotatable bonds is 5. The maximum absolute atomic E-state index is 12.2. The Labute approximate surface area is 137 Å². The predicted molar refractivity (Wildman–Crippen MR) is 86.7 cm³/mol. The van der Waals surface area contributed by atoms with Gasteiger partial charge in [0.2, 0.25) is 5.91 Å². The lowest BCUT2D eigenvalue weighted by atomic mass is 10.1. The molecule has 0 aliphatic rings. The smallest absolute Gasteiger partial charge is 0.309 e. The molecule has 0 spiro atoms. The van der Waals surface area contributed by atoms with E-state index < -0.39 is 11.9 Å². The number of carboxylic acid groups (broad SMARTS) is 1. The van der Waals surface area contributed by atoms with Crippen molar-refractivity contribution in [3.8, 4) is 0 Å². The first-order chi connectivity index (χ1) is 10.4. The molecule has 0 saturated heterocycles. The molecule has 22 heavy (non-hydrogen) atoms. The number of benzene rings is 1. The molecule has 1 heterocycles. The van der Waals surface area contributed by atoms with E-state index in [1.807, 2.05) is 13.0 Å². The third-order valence-corrected chi connectivity index (χ3v) is 4.59. The van der Waals surface area contributed by atoms with Crippen LogP contribution in [0.25, 0.3) is 0 Å². The number of amides is 1. The highest BCUT2D eigenvalue weighted by atomic mass is 35.5. The van der Waals surface area contributed by atoms with Crippen molar-refractivity contribution in [3.05, 3.63) is 44.9 Å². The second-order valence-corrected chi connectivity index (χ2v) is 6.22. The Hall–Kier alpha value is -1.92. The van der Waals surface area contributed by atoms with Gasteiger partial charge in [-0.1, -0.05) is 17.7 Å². The van der Waals surface area contributed by atoms with Gasteiger partial charge in [-0.2, -0.15) is 0 Å². The van der Waals surface area contributed by atoms with Crippen LogP contribution in [-0.2, 0) is 16.0 Å². The van der Waals surface area contributed by atoms with Crippen LogP contribution in [-0.4, -0.2) is 22.0 Å². The van der Waals surface area contributed by atoms with Crippen molar-refractivity contribution < 1.29 is 14.7 Å². The zero-order chi connectivity index (χ0) is 16.3. The molecule has 5 nitrogen and oxygen atoms in total. The van der Waals surface area contributed by atoms with Gasteiger partial charge >= 0.3 is 5.97 Å². The third kappa shape index (κ3) is 4.05. The van der Waals surface area contributed by atoms with E-state index in [4.69, 9.17) is 16.7 Å². The lowest BCUT2D eigenvalue weighted by molar-refractivity contribution is -0.136. The first kappa shape index (κ1) is 16.5. The van der Waals surface area contributed by atoms with Crippen molar-refractivity contribution in [1.82, 2.24) is 4.98 Å². The van der Waals surface area contributed by atoms with Crippen molar-refractivity contribution in [2.75, 3.05) is 5.32 Å². The van der Waals surface area contributed by atoms with Crippen molar-refractivity contribution in [1.29, 1.82) is 0 Å². The zero-order valence-electron chi connectivity index (χ0n) is 12.1. The quantitative estimate of drug-likeness (QED) is 0.874. The summed E-state index contributed by atoms with van der Waals surface area (Å²) in [5.74, 6) is -1.62. The maximum atomic E-state index is 12.2. The molecule has 2 aromatic rings. The van der Waals surface area contributed by atoms with E-state index in [1.54, 1.807) is 24.4 Å². The van der Waals surface area contributed by atoms with Crippen LogP contribution in [0.15, 0.2) is 23.6 Å². The Bertz CT molecular complexity index is 715. The number of aryl methyl sites for hydroxylation is 1. The molecule has 2 rings (SSSR count). The van der Waals surface area contributed by atoms with E-state index in [0.717, 1.165) is 5.56 Å². The first-order valence-electron chi connectivity index (χ1n) is 6.60. The minimum atomic E-state index is -0.941. The largest absolute Gasteiger partial charge is 0.481 e. The highest BCUT2D eigenvalue weighted by Crippen LogP contribution is 2.24. The van der Waals surface area contributed by atoms with Gasteiger partial charge in [-0.05, 0) is 31.5 Å². The third-order valence-electron chi connectivity index (χ3n) is 3.10. The second-order valence-electron chi connectivity index (χ2n) is 4.92. The van der Waals surface area contributed by atoms with Crippen molar-refractivity contribution >= 4 is 40.5 Å². The molecule has 1 aromatic carbocycles. The van der Waals surface area contributed by atoms with Crippen molar-refractivity contribution in [2.24, 2.45) is 0 Å². The summed E-state index contributed by atoms with van der Waals surface area (Å²) in [7, 11) is 0. The van der Waals surface area contributed by atoms with Crippen LogP contribution in [0.5, 0.6) is 0 Å². The van der Waals surface area contributed by atoms with Crippen LogP contribution in [0.2, 0.25) is 5.02 Å². The molecule has 1 atom stereocenters. The SMILES string of the molecule is Cc1ccc(NC(=O)C(C)c2nc(CC(=O)O)cs2)cc1Cl. The molecule has 7 heteroatoms. The fourth-order valence-electron chi connectivity index (χ4n) is 1.79. The lowest BCUT2D eigenvalue weighted by Gasteiger charge is -2.10. The number of hydrogen-bond acceptors (Lipinski definition) is 4. The van der Waals surface area contributed by atoms with Gasteiger partial charge in [0.15, 0.2) is 0 Å². The van der Waals surface area contributed by atoms with Crippen molar-refractivity contribution in [3.63, 3.8) is 0 Å². The average molecular weight is 339 g/mol. The summed E-state index contributed by atoms with van der Waals surface area (Å²) < 4.78 is 0. The van der Waals surface area contributed by atoms with Gasteiger partial charge in [0, 0.05) is 16.1 Å². The second kappa shape index (κ2) is 6.89. The first-order valence-corrected chi connectivity index (χ1v) is 7.85. The fourth-order valence-corrected chi connectivity index (χ4v) is 2.85. The molecule has 0 radical (unpaired) electrons. The number of carbonyl (C=O) groups is 2. The Morgan fingerprint density at radius 3 is 2.82 bits per heavy atom. The number of halogens is 1. The van der Waals surface area contributed by atoms with E-state index >= 15 is 0 Å². The van der Waals surface area contributed by atoms with Crippen LogP contribution in [0.1, 0.15) is 29.1 Å². The average Bonchev–Trinajstić information content (AvgIpc) is 2.89. The summed E-state index contributed by atoms with van der Waals surface area (Å²) >= 11 is 7.31. The van der Waals surface area contributed by atoms with Gasteiger partial charge < -0.3 is 10.4 Å². The Morgan fingerprint density at radius 2 is 2.18 bits per heavy atom. The molecule has 0 bridgehead atoms. The summed E-state index contributed by atoms with van der Waals surface area (Å²) in [6.45, 7) is 3.62. The van der Waals surface area contributed by atoms with Gasteiger partial charge in [-0.3, -0.25) is 9.59 Å². The van der Waals surface area contributed by atoms with E-state index in [0.29, 0.717) is 21.4 Å². The Morgan fingerprint density at radius 1 is 1.45 bits per heavy atom. The number of carbonyl (C=O) groups excluding carboxylic acids is 1. The highest BCUT2D eigenvalue weighted by molar-refractivity contribution is 7.09. The van der Waals surface area contributed by atoms with Gasteiger partial charge in [0.1, 0.15) is 5.01 Å². The molecule has 1 amide bonds. The Kier molecular flexibility index (Phi) is 5.15. The summed E-state index contributed by atoms with van der Waals surface area (Å²) in [5, 5.41) is 14.4. The topological polar surface area (TPSA) is 79.3 Å².